The number of anilines is 1. The van der Waals surface area contributed by atoms with E-state index in [4.69, 9.17) is 21.8 Å². The molecule has 0 radical (unpaired) electrons. The van der Waals surface area contributed by atoms with Crippen molar-refractivity contribution in [3.05, 3.63) is 28.8 Å². The zero-order valence-corrected chi connectivity index (χ0v) is 9.70. The number of halogens is 1. The molecule has 0 aliphatic carbocycles. The van der Waals surface area contributed by atoms with Gasteiger partial charge in [0.25, 0.3) is 0 Å². The molecule has 3 nitrogen and oxygen atoms in total. The topological polar surface area (TPSA) is 43.7 Å². The third kappa shape index (κ3) is 2.84. The summed E-state index contributed by atoms with van der Waals surface area (Å²) in [5.74, 6) is 0. The van der Waals surface area contributed by atoms with Gasteiger partial charge in [-0.1, -0.05) is 17.7 Å². The number of rotatable bonds is 4. The predicted octanol–water partition coefficient (Wildman–Crippen LogP) is 1.65. The highest BCUT2D eigenvalue weighted by atomic mass is 35.5. The Kier molecular flexibility index (Phi) is 4.39. The highest BCUT2D eigenvalue weighted by Gasteiger charge is 2.10. The summed E-state index contributed by atoms with van der Waals surface area (Å²) in [5, 5.41) is 18.5. The zero-order chi connectivity index (χ0) is 11.4. The Hall–Kier alpha value is -0.770. The van der Waals surface area contributed by atoms with Crippen molar-refractivity contribution in [3.8, 4) is 0 Å². The smallest absolute Gasteiger partial charge is 0.0696 e. The van der Waals surface area contributed by atoms with Crippen LogP contribution in [-0.2, 0) is 6.61 Å². The van der Waals surface area contributed by atoms with Gasteiger partial charge >= 0.3 is 0 Å². The monoisotopic (exact) mass is 229 g/mol. The molecule has 0 fully saturated rings. The maximum Gasteiger partial charge on any atom is 0.0696 e. The number of hydrogen-bond acceptors (Lipinski definition) is 3. The molecule has 0 aliphatic heterocycles. The fourth-order valence-electron chi connectivity index (χ4n) is 1.26. The van der Waals surface area contributed by atoms with Gasteiger partial charge in [0.15, 0.2) is 0 Å². The molecular formula is C11H16ClNO2. The lowest BCUT2D eigenvalue weighted by Gasteiger charge is -2.25. The number of aliphatic hydroxyl groups is 2. The van der Waals surface area contributed by atoms with E-state index >= 15 is 0 Å². The zero-order valence-electron chi connectivity index (χ0n) is 8.94. The van der Waals surface area contributed by atoms with Crippen LogP contribution in [0.5, 0.6) is 0 Å². The molecule has 0 heterocycles. The summed E-state index contributed by atoms with van der Waals surface area (Å²) in [5.41, 5.74) is 1.64. The van der Waals surface area contributed by atoms with E-state index < -0.39 is 0 Å². The summed E-state index contributed by atoms with van der Waals surface area (Å²) >= 11 is 5.97. The molecular weight excluding hydrogens is 214 g/mol. The lowest BCUT2D eigenvalue weighted by atomic mass is 10.2. The number of benzene rings is 1. The second kappa shape index (κ2) is 5.35. The summed E-state index contributed by atoms with van der Waals surface area (Å²) in [7, 11) is 1.89. The highest BCUT2D eigenvalue weighted by molar-refractivity contribution is 6.31. The average Bonchev–Trinajstić information content (AvgIpc) is 2.26. The number of nitrogens with zero attached hydrogens (tertiary/aromatic N) is 1. The van der Waals surface area contributed by atoms with Crippen molar-refractivity contribution < 1.29 is 10.2 Å². The van der Waals surface area contributed by atoms with Gasteiger partial charge in [0.05, 0.1) is 13.2 Å². The normalized spacial score (nSPS) is 12.6. The third-order valence-electron chi connectivity index (χ3n) is 2.54. The van der Waals surface area contributed by atoms with Crippen LogP contribution in [0.15, 0.2) is 18.2 Å². The van der Waals surface area contributed by atoms with Crippen molar-refractivity contribution in [2.75, 3.05) is 18.6 Å². The van der Waals surface area contributed by atoms with E-state index in [1.165, 1.54) is 0 Å². The maximum atomic E-state index is 9.02. The Morgan fingerprint density at radius 1 is 1.40 bits per heavy atom. The summed E-state index contributed by atoms with van der Waals surface area (Å²) in [6, 6.07) is 5.50. The second-order valence-corrected chi connectivity index (χ2v) is 3.98. The van der Waals surface area contributed by atoms with Gasteiger partial charge < -0.3 is 15.1 Å². The van der Waals surface area contributed by atoms with Crippen molar-refractivity contribution >= 4 is 17.3 Å². The van der Waals surface area contributed by atoms with Gasteiger partial charge in [-0.3, -0.25) is 0 Å². The minimum atomic E-state index is -0.0572. The van der Waals surface area contributed by atoms with Gasteiger partial charge in [-0.2, -0.15) is 0 Å². The van der Waals surface area contributed by atoms with Crippen LogP contribution in [-0.4, -0.2) is 29.9 Å². The van der Waals surface area contributed by atoms with Crippen LogP contribution in [0.3, 0.4) is 0 Å². The summed E-state index contributed by atoms with van der Waals surface area (Å²) in [4.78, 5) is 1.94. The van der Waals surface area contributed by atoms with Crippen molar-refractivity contribution in [2.24, 2.45) is 0 Å². The van der Waals surface area contributed by atoms with E-state index in [0.717, 1.165) is 5.69 Å². The molecule has 0 amide bonds. The lowest BCUT2D eigenvalue weighted by Crippen LogP contribution is -2.31. The van der Waals surface area contributed by atoms with Gasteiger partial charge in [-0.25, -0.2) is 0 Å². The van der Waals surface area contributed by atoms with Gasteiger partial charge in [0, 0.05) is 23.8 Å². The SMILES string of the molecule is CC(CO)N(C)c1ccc(CO)c(Cl)c1. The van der Waals surface area contributed by atoms with Crippen molar-refractivity contribution in [1.29, 1.82) is 0 Å². The standard InChI is InChI=1S/C11H16ClNO2/c1-8(6-14)13(2)10-4-3-9(7-15)11(12)5-10/h3-5,8,14-15H,6-7H2,1-2H3. The molecule has 0 saturated carbocycles. The fraction of sp³-hybridized carbons (Fsp3) is 0.455. The maximum absolute atomic E-state index is 9.02. The van der Waals surface area contributed by atoms with Gasteiger partial charge in [0.2, 0.25) is 0 Å². The van der Waals surface area contributed by atoms with Crippen LogP contribution in [0, 0.1) is 0 Å². The largest absolute Gasteiger partial charge is 0.394 e. The molecule has 0 saturated heterocycles. The van der Waals surface area contributed by atoms with Crippen molar-refractivity contribution in [2.45, 2.75) is 19.6 Å². The number of likely N-dealkylation sites (N-methyl/N-ethyl adjacent to an activating group) is 1. The van der Waals surface area contributed by atoms with Crippen LogP contribution in [0.2, 0.25) is 5.02 Å². The second-order valence-electron chi connectivity index (χ2n) is 3.58. The molecule has 0 aliphatic rings. The molecule has 0 aromatic heterocycles. The Morgan fingerprint density at radius 3 is 2.53 bits per heavy atom. The van der Waals surface area contributed by atoms with Gasteiger partial charge in [-0.05, 0) is 24.6 Å². The van der Waals surface area contributed by atoms with Crippen LogP contribution in [0.1, 0.15) is 12.5 Å². The van der Waals surface area contributed by atoms with E-state index in [0.29, 0.717) is 10.6 Å². The van der Waals surface area contributed by atoms with Gasteiger partial charge in [0.1, 0.15) is 0 Å². The Bertz CT molecular complexity index is 330. The van der Waals surface area contributed by atoms with E-state index in [1.54, 1.807) is 12.1 Å². The van der Waals surface area contributed by atoms with E-state index in [-0.39, 0.29) is 19.3 Å². The van der Waals surface area contributed by atoms with Crippen molar-refractivity contribution in [3.63, 3.8) is 0 Å². The summed E-state index contributed by atoms with van der Waals surface area (Å²) in [6.07, 6.45) is 0. The predicted molar refractivity (Wildman–Crippen MR) is 62.3 cm³/mol. The van der Waals surface area contributed by atoms with Crippen LogP contribution >= 0.6 is 11.6 Å². The Labute approximate surface area is 94.9 Å². The fourth-order valence-corrected chi connectivity index (χ4v) is 1.50. The molecule has 1 aromatic rings. The van der Waals surface area contributed by atoms with Crippen molar-refractivity contribution in [1.82, 2.24) is 0 Å². The quantitative estimate of drug-likeness (QED) is 0.825. The van der Waals surface area contributed by atoms with E-state index in [2.05, 4.69) is 0 Å². The Balaban J connectivity index is 2.92. The minimum Gasteiger partial charge on any atom is -0.394 e. The highest BCUT2D eigenvalue weighted by Crippen LogP contribution is 2.24. The first-order valence-corrected chi connectivity index (χ1v) is 5.21. The molecule has 4 heteroatoms. The first-order chi connectivity index (χ1) is 7.10. The summed E-state index contributed by atoms with van der Waals surface area (Å²) in [6.45, 7) is 1.96. The van der Waals surface area contributed by atoms with E-state index in [9.17, 15) is 0 Å². The molecule has 0 bridgehead atoms. The molecule has 15 heavy (non-hydrogen) atoms. The Morgan fingerprint density at radius 2 is 2.07 bits per heavy atom. The minimum absolute atomic E-state index is 0.0426. The molecule has 0 spiro atoms. The summed E-state index contributed by atoms with van der Waals surface area (Å²) < 4.78 is 0. The number of aliphatic hydroxyl groups excluding tert-OH is 2. The van der Waals surface area contributed by atoms with E-state index in [1.807, 2.05) is 24.9 Å². The average molecular weight is 230 g/mol. The van der Waals surface area contributed by atoms with Crippen LogP contribution in [0.25, 0.3) is 0 Å². The molecule has 1 unspecified atom stereocenters. The number of hydrogen-bond donors (Lipinski definition) is 2. The molecule has 84 valence electrons. The molecule has 2 N–H and O–H groups in total. The molecule has 1 rings (SSSR count). The lowest BCUT2D eigenvalue weighted by molar-refractivity contribution is 0.270. The first-order valence-electron chi connectivity index (χ1n) is 4.83. The first kappa shape index (κ1) is 12.3. The van der Waals surface area contributed by atoms with Crippen LogP contribution < -0.4 is 4.90 Å². The van der Waals surface area contributed by atoms with Crippen LogP contribution in [0.4, 0.5) is 5.69 Å². The third-order valence-corrected chi connectivity index (χ3v) is 2.89. The van der Waals surface area contributed by atoms with Gasteiger partial charge in [-0.15, -0.1) is 0 Å². The molecule has 1 atom stereocenters. The molecule has 1 aromatic carbocycles.